The van der Waals surface area contributed by atoms with Crippen molar-refractivity contribution in [3.63, 3.8) is 0 Å². The second-order valence-electron chi connectivity index (χ2n) is 8.69. The third-order valence-electron chi connectivity index (χ3n) is 5.75. The summed E-state index contributed by atoms with van der Waals surface area (Å²) in [6.07, 6.45) is 8.51. The van der Waals surface area contributed by atoms with Crippen LogP contribution in [-0.2, 0) is 12.8 Å². The fraction of sp³-hybridized carbons (Fsp3) is 0.517. The Morgan fingerprint density at radius 3 is 1.41 bits per heavy atom. The second-order valence-corrected chi connectivity index (χ2v) is 8.69. The fourth-order valence-corrected chi connectivity index (χ4v) is 3.77. The molecule has 0 aromatic heterocycles. The molecule has 0 aliphatic carbocycles. The van der Waals surface area contributed by atoms with Gasteiger partial charge in [-0.15, -0.1) is 0 Å². The minimum Gasteiger partial charge on any atom is -0.171 e. The maximum Gasteiger partial charge on any atom is 0.389 e. The Hall–Kier alpha value is -2.21. The van der Waals surface area contributed by atoms with Crippen LogP contribution in [0.5, 0.6) is 0 Å². The summed E-state index contributed by atoms with van der Waals surface area (Å²) in [5, 5.41) is 0. The molecule has 2 aromatic rings. The lowest BCUT2D eigenvalue weighted by molar-refractivity contribution is -0.135. The Morgan fingerprint density at radius 2 is 0.969 bits per heavy atom. The molecule has 2 aromatic carbocycles. The molecule has 0 fully saturated rings. The van der Waals surface area contributed by atoms with Gasteiger partial charge in [0.1, 0.15) is 0 Å². The van der Waals surface area contributed by atoms with Crippen molar-refractivity contribution in [2.24, 2.45) is 0 Å². The highest BCUT2D eigenvalue weighted by atomic mass is 19.4. The van der Waals surface area contributed by atoms with E-state index in [0.717, 1.165) is 23.1 Å². The van der Waals surface area contributed by atoms with Crippen LogP contribution in [0.15, 0.2) is 48.5 Å². The van der Waals surface area contributed by atoms with Gasteiger partial charge in [0.15, 0.2) is 0 Å². The summed E-state index contributed by atoms with van der Waals surface area (Å²) in [6.45, 7) is 2.26. The molecular weight excluding hydrogens is 405 g/mol. The van der Waals surface area contributed by atoms with Gasteiger partial charge >= 0.3 is 6.18 Å². The van der Waals surface area contributed by atoms with E-state index < -0.39 is 12.6 Å². The van der Waals surface area contributed by atoms with Gasteiger partial charge in [0.05, 0.1) is 0 Å². The first-order valence-electron chi connectivity index (χ1n) is 12.2. The van der Waals surface area contributed by atoms with E-state index in [1.54, 1.807) is 0 Å². The van der Waals surface area contributed by atoms with Crippen LogP contribution in [-0.4, -0.2) is 6.18 Å². The van der Waals surface area contributed by atoms with Crippen molar-refractivity contribution >= 4 is 0 Å². The third kappa shape index (κ3) is 12.0. The first-order valence-corrected chi connectivity index (χ1v) is 12.2. The summed E-state index contributed by atoms with van der Waals surface area (Å²) < 4.78 is 36.6. The van der Waals surface area contributed by atoms with Crippen LogP contribution in [0.3, 0.4) is 0 Å². The topological polar surface area (TPSA) is 0 Å². The molecule has 0 saturated heterocycles. The number of alkyl halides is 3. The van der Waals surface area contributed by atoms with Gasteiger partial charge < -0.3 is 0 Å². The number of unbranched alkanes of at least 4 members (excludes halogenated alkanes) is 8. The molecule has 0 nitrogen and oxygen atoms in total. The molecule has 0 aliphatic rings. The molecule has 0 amide bonds. The highest BCUT2D eigenvalue weighted by molar-refractivity contribution is 5.44. The first-order chi connectivity index (χ1) is 15.5. The normalized spacial score (nSPS) is 11.2. The predicted octanol–water partition coefficient (Wildman–Crippen LogP) is 9.04. The zero-order chi connectivity index (χ0) is 23.1. The van der Waals surface area contributed by atoms with Crippen LogP contribution in [0.1, 0.15) is 99.8 Å². The van der Waals surface area contributed by atoms with Crippen LogP contribution in [0.4, 0.5) is 13.2 Å². The summed E-state index contributed by atoms with van der Waals surface area (Å²) in [4.78, 5) is 0. The first kappa shape index (κ1) is 26.0. The molecule has 0 aliphatic heterocycles. The Morgan fingerprint density at radius 1 is 0.562 bits per heavy atom. The zero-order valence-electron chi connectivity index (χ0n) is 19.4. The van der Waals surface area contributed by atoms with Crippen molar-refractivity contribution in [1.29, 1.82) is 0 Å². The Kier molecular flexibility index (Phi) is 12.0. The summed E-state index contributed by atoms with van der Waals surface area (Å²) in [5.41, 5.74) is 4.35. The summed E-state index contributed by atoms with van der Waals surface area (Å²) in [7, 11) is 0. The van der Waals surface area contributed by atoms with Gasteiger partial charge in [0.25, 0.3) is 0 Å². The van der Waals surface area contributed by atoms with E-state index in [-0.39, 0.29) is 6.42 Å². The van der Waals surface area contributed by atoms with E-state index in [2.05, 4.69) is 43.0 Å². The lowest BCUT2D eigenvalue weighted by Gasteiger charge is -2.05. The number of hydrogen-bond acceptors (Lipinski definition) is 0. The van der Waals surface area contributed by atoms with Gasteiger partial charge in [-0.3, -0.25) is 0 Å². The molecular formula is C29H37F3. The molecule has 2 rings (SSSR count). The minimum absolute atomic E-state index is 0.181. The third-order valence-corrected chi connectivity index (χ3v) is 5.75. The number of rotatable bonds is 13. The molecule has 0 spiro atoms. The lowest BCUT2D eigenvalue weighted by atomic mass is 10.0. The summed E-state index contributed by atoms with van der Waals surface area (Å²) in [6, 6.07) is 16.3. The van der Waals surface area contributed by atoms with E-state index in [9.17, 15) is 13.2 Å². The minimum atomic E-state index is -4.05. The van der Waals surface area contributed by atoms with Crippen molar-refractivity contribution in [3.8, 4) is 11.8 Å². The number of benzene rings is 2. The maximum absolute atomic E-state index is 12.2. The van der Waals surface area contributed by atoms with Crippen LogP contribution in [0.2, 0.25) is 0 Å². The van der Waals surface area contributed by atoms with Crippen molar-refractivity contribution in [3.05, 3.63) is 70.8 Å². The Labute approximate surface area is 192 Å². The molecule has 0 bridgehead atoms. The standard InChI is InChI=1S/C29H37F3/c1-2-3-4-5-6-7-8-9-12-25-14-18-27(19-15-25)22-23-28-20-16-26(17-21-28)13-10-11-24-29(30,31)32/h14-21H,2-13,24H2,1H3. The lowest BCUT2D eigenvalue weighted by Crippen LogP contribution is -2.06. The Bertz CT molecular complexity index is 805. The summed E-state index contributed by atoms with van der Waals surface area (Å²) >= 11 is 0. The molecule has 0 heterocycles. The van der Waals surface area contributed by atoms with Gasteiger partial charge in [-0.2, -0.15) is 13.2 Å². The molecule has 174 valence electrons. The average molecular weight is 443 g/mol. The van der Waals surface area contributed by atoms with E-state index in [0.29, 0.717) is 12.8 Å². The molecule has 0 saturated carbocycles. The highest BCUT2D eigenvalue weighted by Crippen LogP contribution is 2.23. The van der Waals surface area contributed by atoms with Crippen molar-refractivity contribution in [2.75, 3.05) is 0 Å². The van der Waals surface area contributed by atoms with Gasteiger partial charge in [-0.1, -0.05) is 88.0 Å². The molecule has 0 atom stereocenters. The zero-order valence-corrected chi connectivity index (χ0v) is 19.4. The Balaban J connectivity index is 1.68. The molecule has 0 radical (unpaired) electrons. The molecule has 32 heavy (non-hydrogen) atoms. The van der Waals surface area contributed by atoms with Crippen LogP contribution in [0, 0.1) is 11.8 Å². The van der Waals surface area contributed by atoms with E-state index in [1.807, 2.05) is 24.3 Å². The molecule has 0 unspecified atom stereocenters. The van der Waals surface area contributed by atoms with Crippen LogP contribution < -0.4 is 0 Å². The van der Waals surface area contributed by atoms with Gasteiger partial charge in [0.2, 0.25) is 0 Å². The quantitative estimate of drug-likeness (QED) is 0.214. The predicted molar refractivity (Wildman–Crippen MR) is 129 cm³/mol. The molecule has 0 N–H and O–H groups in total. The van der Waals surface area contributed by atoms with Gasteiger partial charge in [-0.25, -0.2) is 0 Å². The largest absolute Gasteiger partial charge is 0.389 e. The SMILES string of the molecule is CCCCCCCCCCc1ccc(C#Cc2ccc(CCCCC(F)(F)F)cc2)cc1. The van der Waals surface area contributed by atoms with Gasteiger partial charge in [0, 0.05) is 17.5 Å². The van der Waals surface area contributed by atoms with E-state index in [4.69, 9.17) is 0 Å². The van der Waals surface area contributed by atoms with Crippen LogP contribution >= 0.6 is 0 Å². The van der Waals surface area contributed by atoms with E-state index in [1.165, 1.54) is 56.9 Å². The van der Waals surface area contributed by atoms with Gasteiger partial charge in [-0.05, 0) is 67.5 Å². The average Bonchev–Trinajstić information content (AvgIpc) is 2.78. The maximum atomic E-state index is 12.2. The fourth-order valence-electron chi connectivity index (χ4n) is 3.77. The monoisotopic (exact) mass is 442 g/mol. The molecule has 3 heteroatoms. The number of aryl methyl sites for hydroxylation is 2. The van der Waals surface area contributed by atoms with Crippen LogP contribution in [0.25, 0.3) is 0 Å². The second kappa shape index (κ2) is 14.8. The van der Waals surface area contributed by atoms with Crippen molar-refractivity contribution in [1.82, 2.24) is 0 Å². The smallest absolute Gasteiger partial charge is 0.171 e. The van der Waals surface area contributed by atoms with Crippen molar-refractivity contribution in [2.45, 2.75) is 96.6 Å². The summed E-state index contributed by atoms with van der Waals surface area (Å²) in [5.74, 6) is 6.38. The number of halogens is 3. The van der Waals surface area contributed by atoms with E-state index >= 15 is 0 Å². The highest BCUT2D eigenvalue weighted by Gasteiger charge is 2.25. The number of hydrogen-bond donors (Lipinski definition) is 0. The van der Waals surface area contributed by atoms with Crippen molar-refractivity contribution < 1.29 is 13.2 Å².